The zero-order valence-corrected chi connectivity index (χ0v) is 8.75. The Labute approximate surface area is 92.0 Å². The molecule has 0 saturated carbocycles. The number of halogens is 1. The van der Waals surface area contributed by atoms with Gasteiger partial charge in [-0.25, -0.2) is 0 Å². The Morgan fingerprint density at radius 2 is 2.20 bits per heavy atom. The molecule has 0 spiro atoms. The van der Waals surface area contributed by atoms with E-state index >= 15 is 0 Å². The van der Waals surface area contributed by atoms with Crippen LogP contribution in [0, 0.1) is 0 Å². The molecule has 2 rings (SSSR count). The minimum atomic E-state index is 0.00867. The predicted molar refractivity (Wildman–Crippen MR) is 54.6 cm³/mol. The molecule has 1 aromatic rings. The van der Waals surface area contributed by atoms with Crippen LogP contribution in [0.15, 0.2) is 6.07 Å². The summed E-state index contributed by atoms with van der Waals surface area (Å²) >= 11 is 5.83. The number of hydrogen-bond acceptors (Lipinski definition) is 4. The summed E-state index contributed by atoms with van der Waals surface area (Å²) in [5.74, 6) is 1.09. The van der Waals surface area contributed by atoms with Crippen molar-refractivity contribution >= 4 is 11.6 Å². The van der Waals surface area contributed by atoms with Gasteiger partial charge < -0.3 is 19.7 Å². The highest BCUT2D eigenvalue weighted by molar-refractivity contribution is 6.32. The molecule has 4 nitrogen and oxygen atoms in total. The van der Waals surface area contributed by atoms with E-state index in [1.54, 1.807) is 0 Å². The Morgan fingerprint density at radius 1 is 1.40 bits per heavy atom. The third-order valence-corrected chi connectivity index (χ3v) is 2.56. The van der Waals surface area contributed by atoms with Gasteiger partial charge in [-0.05, 0) is 12.8 Å². The molecular weight excluding hydrogens is 220 g/mol. The van der Waals surface area contributed by atoms with E-state index in [-0.39, 0.29) is 24.2 Å². The van der Waals surface area contributed by atoms with Gasteiger partial charge in [-0.2, -0.15) is 0 Å². The number of rotatable bonds is 3. The van der Waals surface area contributed by atoms with Crippen molar-refractivity contribution < 1.29 is 19.7 Å². The highest BCUT2D eigenvalue weighted by Crippen LogP contribution is 2.45. The Kier molecular flexibility index (Phi) is 2.88. The van der Waals surface area contributed by atoms with Crippen molar-refractivity contribution in [3.8, 4) is 17.2 Å². The van der Waals surface area contributed by atoms with Gasteiger partial charge in [0.2, 0.25) is 6.79 Å². The largest absolute Gasteiger partial charge is 0.506 e. The Balaban J connectivity index is 2.41. The average Bonchev–Trinajstić information content (AvgIpc) is 2.66. The van der Waals surface area contributed by atoms with Crippen LogP contribution >= 0.6 is 11.6 Å². The SMILES string of the molecule is OCCCc1c(O)c(Cl)cc2c1OCO2. The van der Waals surface area contributed by atoms with Crippen LogP contribution in [0.4, 0.5) is 0 Å². The first kappa shape index (κ1) is 10.4. The smallest absolute Gasteiger partial charge is 0.231 e. The molecule has 0 radical (unpaired) electrons. The Hall–Kier alpha value is -1.13. The monoisotopic (exact) mass is 230 g/mol. The molecule has 82 valence electrons. The molecule has 1 aromatic carbocycles. The number of aliphatic hydroxyl groups excluding tert-OH is 1. The van der Waals surface area contributed by atoms with Crippen LogP contribution in [-0.2, 0) is 6.42 Å². The second kappa shape index (κ2) is 4.16. The summed E-state index contributed by atoms with van der Waals surface area (Å²) in [5.41, 5.74) is 0.601. The lowest BCUT2D eigenvalue weighted by atomic mass is 10.1. The minimum Gasteiger partial charge on any atom is -0.506 e. The van der Waals surface area contributed by atoms with Gasteiger partial charge in [0, 0.05) is 18.2 Å². The number of ether oxygens (including phenoxy) is 2. The van der Waals surface area contributed by atoms with Crippen LogP contribution in [0.3, 0.4) is 0 Å². The van der Waals surface area contributed by atoms with E-state index in [2.05, 4.69) is 0 Å². The number of fused-ring (bicyclic) bond motifs is 1. The van der Waals surface area contributed by atoms with Gasteiger partial charge in [-0.1, -0.05) is 11.6 Å². The summed E-state index contributed by atoms with van der Waals surface area (Å²) in [6.07, 6.45) is 1.05. The van der Waals surface area contributed by atoms with Crippen molar-refractivity contribution in [2.75, 3.05) is 13.4 Å². The number of hydrogen-bond donors (Lipinski definition) is 2. The molecule has 0 saturated heterocycles. The molecule has 1 aliphatic heterocycles. The Bertz CT molecular complexity index is 378. The van der Waals surface area contributed by atoms with Crippen LogP contribution < -0.4 is 9.47 Å². The van der Waals surface area contributed by atoms with E-state index in [0.717, 1.165) is 0 Å². The molecule has 1 aliphatic rings. The van der Waals surface area contributed by atoms with Crippen molar-refractivity contribution in [1.29, 1.82) is 0 Å². The van der Waals surface area contributed by atoms with E-state index in [9.17, 15) is 5.11 Å². The standard InChI is InChI=1S/C10H11ClO4/c11-7-4-8-10(15-5-14-8)6(9(7)13)2-1-3-12/h4,12-13H,1-3,5H2. The van der Waals surface area contributed by atoms with E-state index in [4.69, 9.17) is 26.2 Å². The van der Waals surface area contributed by atoms with Gasteiger partial charge in [0.1, 0.15) is 5.75 Å². The normalized spacial score (nSPS) is 13.2. The summed E-state index contributed by atoms with van der Waals surface area (Å²) in [5, 5.41) is 18.7. The molecule has 1 heterocycles. The van der Waals surface area contributed by atoms with Crippen molar-refractivity contribution in [3.63, 3.8) is 0 Å². The molecule has 0 amide bonds. The number of phenolic OH excluding ortho intramolecular Hbond substituents is 1. The number of benzene rings is 1. The molecule has 2 N–H and O–H groups in total. The minimum absolute atomic E-state index is 0.00867. The lowest BCUT2D eigenvalue weighted by molar-refractivity contribution is 0.173. The molecule has 0 fully saturated rings. The summed E-state index contributed by atoms with van der Waals surface area (Å²) in [6.45, 7) is 0.197. The van der Waals surface area contributed by atoms with Gasteiger partial charge >= 0.3 is 0 Å². The lowest BCUT2D eigenvalue weighted by Gasteiger charge is -2.08. The number of aliphatic hydroxyl groups is 1. The maximum atomic E-state index is 9.74. The first-order valence-corrected chi connectivity index (χ1v) is 5.02. The fraction of sp³-hybridized carbons (Fsp3) is 0.400. The average molecular weight is 231 g/mol. The van der Waals surface area contributed by atoms with E-state index in [0.29, 0.717) is 29.9 Å². The predicted octanol–water partition coefficient (Wildman–Crippen LogP) is 1.70. The first-order valence-electron chi connectivity index (χ1n) is 4.65. The molecule has 0 aromatic heterocycles. The quantitative estimate of drug-likeness (QED) is 0.830. The third kappa shape index (κ3) is 1.82. The summed E-state index contributed by atoms with van der Waals surface area (Å²) in [6, 6.07) is 1.53. The molecule has 0 bridgehead atoms. The molecule has 0 atom stereocenters. The second-order valence-electron chi connectivity index (χ2n) is 3.25. The van der Waals surface area contributed by atoms with Crippen LogP contribution in [0.1, 0.15) is 12.0 Å². The van der Waals surface area contributed by atoms with E-state index < -0.39 is 0 Å². The van der Waals surface area contributed by atoms with Gasteiger partial charge in [0.25, 0.3) is 0 Å². The summed E-state index contributed by atoms with van der Waals surface area (Å²) < 4.78 is 10.4. The third-order valence-electron chi connectivity index (χ3n) is 2.27. The maximum absolute atomic E-state index is 9.74. The van der Waals surface area contributed by atoms with Gasteiger partial charge in [-0.3, -0.25) is 0 Å². The second-order valence-corrected chi connectivity index (χ2v) is 3.65. The van der Waals surface area contributed by atoms with Gasteiger partial charge in [0.05, 0.1) is 5.02 Å². The zero-order chi connectivity index (χ0) is 10.8. The van der Waals surface area contributed by atoms with Crippen LogP contribution in [0.2, 0.25) is 5.02 Å². The number of phenols is 1. The maximum Gasteiger partial charge on any atom is 0.231 e. The van der Waals surface area contributed by atoms with Crippen LogP contribution in [0.25, 0.3) is 0 Å². The van der Waals surface area contributed by atoms with Gasteiger partial charge in [0.15, 0.2) is 11.5 Å². The van der Waals surface area contributed by atoms with Crippen LogP contribution in [0.5, 0.6) is 17.2 Å². The summed E-state index contributed by atoms with van der Waals surface area (Å²) in [4.78, 5) is 0. The molecule has 5 heteroatoms. The van der Waals surface area contributed by atoms with Crippen molar-refractivity contribution in [2.45, 2.75) is 12.8 Å². The fourth-order valence-corrected chi connectivity index (χ4v) is 1.77. The molecule has 15 heavy (non-hydrogen) atoms. The van der Waals surface area contributed by atoms with Crippen molar-refractivity contribution in [1.82, 2.24) is 0 Å². The first-order chi connectivity index (χ1) is 7.24. The van der Waals surface area contributed by atoms with Crippen molar-refractivity contribution in [3.05, 3.63) is 16.7 Å². The highest BCUT2D eigenvalue weighted by atomic mass is 35.5. The van der Waals surface area contributed by atoms with Gasteiger partial charge in [-0.15, -0.1) is 0 Å². The van der Waals surface area contributed by atoms with E-state index in [1.165, 1.54) is 6.07 Å². The van der Waals surface area contributed by atoms with Crippen molar-refractivity contribution in [2.24, 2.45) is 0 Å². The fourth-order valence-electron chi connectivity index (χ4n) is 1.55. The zero-order valence-electron chi connectivity index (χ0n) is 7.99. The van der Waals surface area contributed by atoms with E-state index in [1.807, 2.05) is 0 Å². The topological polar surface area (TPSA) is 58.9 Å². The Morgan fingerprint density at radius 3 is 2.93 bits per heavy atom. The number of aromatic hydroxyl groups is 1. The molecule has 0 unspecified atom stereocenters. The molecule has 0 aliphatic carbocycles. The highest BCUT2D eigenvalue weighted by Gasteiger charge is 2.23. The summed E-state index contributed by atoms with van der Waals surface area (Å²) in [7, 11) is 0. The lowest BCUT2D eigenvalue weighted by Crippen LogP contribution is -1.96. The molecular formula is C10H11ClO4. The van der Waals surface area contributed by atoms with Crippen LogP contribution in [-0.4, -0.2) is 23.6 Å².